The van der Waals surface area contributed by atoms with Gasteiger partial charge in [0.2, 0.25) is 5.91 Å². The smallest absolute Gasteiger partial charge is 0.241 e. The maximum absolute atomic E-state index is 12.3. The molecule has 5 heteroatoms. The van der Waals surface area contributed by atoms with Crippen molar-refractivity contribution in [2.75, 3.05) is 38.0 Å². The van der Waals surface area contributed by atoms with Crippen molar-refractivity contribution in [3.05, 3.63) is 29.8 Å². The van der Waals surface area contributed by atoms with E-state index in [0.29, 0.717) is 5.56 Å². The topological polar surface area (TPSA) is 59.4 Å². The number of hydrogen-bond donors (Lipinski definition) is 1. The molecule has 1 N–H and O–H groups in total. The fourth-order valence-corrected chi connectivity index (χ4v) is 2.73. The molecule has 0 aromatic heterocycles. The van der Waals surface area contributed by atoms with Gasteiger partial charge in [-0.2, -0.15) is 5.26 Å². The van der Waals surface area contributed by atoms with Crippen LogP contribution in [-0.4, -0.2) is 54.5 Å². The van der Waals surface area contributed by atoms with Crippen LogP contribution in [0, 0.1) is 11.3 Å². The molecule has 0 unspecified atom stereocenters. The first-order valence-corrected chi connectivity index (χ1v) is 7.91. The quantitative estimate of drug-likeness (QED) is 0.902. The van der Waals surface area contributed by atoms with E-state index < -0.39 is 0 Å². The molecule has 1 fully saturated rings. The summed E-state index contributed by atoms with van der Waals surface area (Å²) in [5, 5.41) is 11.7. The van der Waals surface area contributed by atoms with Crippen LogP contribution in [0.3, 0.4) is 0 Å². The monoisotopic (exact) mass is 300 g/mol. The minimum absolute atomic E-state index is 0.00801. The molecule has 1 saturated heterocycles. The molecule has 1 heterocycles. The molecule has 1 aliphatic rings. The Morgan fingerprint density at radius 1 is 1.27 bits per heavy atom. The third-order valence-corrected chi connectivity index (χ3v) is 4.16. The molecular weight excluding hydrogens is 276 g/mol. The lowest BCUT2D eigenvalue weighted by molar-refractivity contribution is -0.121. The number of nitriles is 1. The van der Waals surface area contributed by atoms with E-state index in [2.05, 4.69) is 28.1 Å². The predicted octanol–water partition coefficient (Wildman–Crippen LogP) is 1.91. The van der Waals surface area contributed by atoms with Gasteiger partial charge in [-0.05, 0) is 44.2 Å². The maximum Gasteiger partial charge on any atom is 0.241 e. The first-order chi connectivity index (χ1) is 10.6. The Labute approximate surface area is 132 Å². The van der Waals surface area contributed by atoms with Crippen LogP contribution in [-0.2, 0) is 4.79 Å². The van der Waals surface area contributed by atoms with Crippen LogP contribution in [0.5, 0.6) is 0 Å². The Hall–Kier alpha value is -1.90. The van der Waals surface area contributed by atoms with Gasteiger partial charge in [0, 0.05) is 31.9 Å². The van der Waals surface area contributed by atoms with Crippen LogP contribution in [0.15, 0.2) is 24.3 Å². The van der Waals surface area contributed by atoms with Gasteiger partial charge in [-0.15, -0.1) is 0 Å². The first-order valence-electron chi connectivity index (χ1n) is 7.91. The van der Waals surface area contributed by atoms with Gasteiger partial charge in [-0.25, -0.2) is 0 Å². The maximum atomic E-state index is 12.3. The largest absolute Gasteiger partial charge is 0.325 e. The van der Waals surface area contributed by atoms with Gasteiger partial charge in [0.25, 0.3) is 0 Å². The average molecular weight is 300 g/mol. The van der Waals surface area contributed by atoms with Gasteiger partial charge < -0.3 is 10.2 Å². The zero-order valence-electron chi connectivity index (χ0n) is 13.4. The second kappa shape index (κ2) is 7.92. The molecule has 1 aliphatic heterocycles. The molecule has 5 nitrogen and oxygen atoms in total. The van der Waals surface area contributed by atoms with Crippen LogP contribution in [0.25, 0.3) is 0 Å². The van der Waals surface area contributed by atoms with E-state index in [1.807, 2.05) is 6.92 Å². The van der Waals surface area contributed by atoms with E-state index in [4.69, 9.17) is 5.26 Å². The number of rotatable bonds is 5. The Bertz CT molecular complexity index is 527. The van der Waals surface area contributed by atoms with Gasteiger partial charge in [0.05, 0.1) is 17.7 Å². The van der Waals surface area contributed by atoms with Gasteiger partial charge in [-0.3, -0.25) is 9.69 Å². The molecule has 22 heavy (non-hydrogen) atoms. The van der Waals surface area contributed by atoms with Crippen LogP contribution in [0.1, 0.15) is 25.8 Å². The van der Waals surface area contributed by atoms with E-state index in [0.717, 1.165) is 38.4 Å². The standard InChI is InChI=1S/C17H24N4O/c1-3-8-20-9-11-21(12-10-20)14(2)17(22)19-16-6-4-15(13-18)5-7-16/h4-7,14H,3,8-12H2,1-2H3,(H,19,22)/t14-/m1/s1. The van der Waals surface area contributed by atoms with Gasteiger partial charge in [0.15, 0.2) is 0 Å². The minimum Gasteiger partial charge on any atom is -0.325 e. The normalized spacial score (nSPS) is 17.7. The highest BCUT2D eigenvalue weighted by molar-refractivity contribution is 5.94. The summed E-state index contributed by atoms with van der Waals surface area (Å²) >= 11 is 0. The number of hydrogen-bond acceptors (Lipinski definition) is 4. The Morgan fingerprint density at radius 3 is 2.45 bits per heavy atom. The Kier molecular flexibility index (Phi) is 5.93. The number of amides is 1. The van der Waals surface area contributed by atoms with E-state index in [-0.39, 0.29) is 11.9 Å². The molecule has 1 atom stereocenters. The summed E-state index contributed by atoms with van der Waals surface area (Å²) < 4.78 is 0. The second-order valence-corrected chi connectivity index (χ2v) is 5.73. The van der Waals surface area contributed by atoms with E-state index in [1.54, 1.807) is 24.3 Å². The van der Waals surface area contributed by atoms with Crippen molar-refractivity contribution >= 4 is 11.6 Å². The summed E-state index contributed by atoms with van der Waals surface area (Å²) in [7, 11) is 0. The summed E-state index contributed by atoms with van der Waals surface area (Å²) in [6.07, 6.45) is 1.18. The van der Waals surface area contributed by atoms with Crippen molar-refractivity contribution in [2.24, 2.45) is 0 Å². The second-order valence-electron chi connectivity index (χ2n) is 5.73. The molecule has 118 valence electrons. The van der Waals surface area contributed by atoms with E-state index in [1.165, 1.54) is 6.42 Å². The number of carbonyl (C=O) groups excluding carboxylic acids is 1. The van der Waals surface area contributed by atoms with Crippen molar-refractivity contribution in [2.45, 2.75) is 26.3 Å². The summed E-state index contributed by atoms with van der Waals surface area (Å²) in [6, 6.07) is 8.89. The number of carbonyl (C=O) groups is 1. The van der Waals surface area contributed by atoms with Crippen LogP contribution < -0.4 is 5.32 Å². The van der Waals surface area contributed by atoms with Crippen molar-refractivity contribution < 1.29 is 4.79 Å². The van der Waals surface area contributed by atoms with Crippen molar-refractivity contribution in [3.8, 4) is 6.07 Å². The fraction of sp³-hybridized carbons (Fsp3) is 0.529. The van der Waals surface area contributed by atoms with Gasteiger partial charge in [-0.1, -0.05) is 6.92 Å². The highest BCUT2D eigenvalue weighted by Gasteiger charge is 2.25. The molecule has 0 radical (unpaired) electrons. The molecule has 0 spiro atoms. The number of benzene rings is 1. The minimum atomic E-state index is -0.139. The van der Waals surface area contributed by atoms with Crippen LogP contribution in [0.4, 0.5) is 5.69 Å². The molecular formula is C17H24N4O. The summed E-state index contributed by atoms with van der Waals surface area (Å²) in [5.74, 6) is 0.00801. The first kappa shape index (κ1) is 16.5. The third kappa shape index (κ3) is 4.30. The summed E-state index contributed by atoms with van der Waals surface area (Å²) in [6.45, 7) is 9.21. The number of piperazine rings is 1. The third-order valence-electron chi connectivity index (χ3n) is 4.16. The van der Waals surface area contributed by atoms with E-state index >= 15 is 0 Å². The lowest BCUT2D eigenvalue weighted by Crippen LogP contribution is -2.52. The lowest BCUT2D eigenvalue weighted by Gasteiger charge is -2.37. The fourth-order valence-electron chi connectivity index (χ4n) is 2.73. The molecule has 0 saturated carbocycles. The average Bonchev–Trinajstić information content (AvgIpc) is 2.56. The van der Waals surface area contributed by atoms with Crippen LogP contribution >= 0.6 is 0 Å². The Morgan fingerprint density at radius 2 is 1.91 bits per heavy atom. The lowest BCUT2D eigenvalue weighted by atomic mass is 10.2. The molecule has 1 amide bonds. The highest BCUT2D eigenvalue weighted by atomic mass is 16.2. The van der Waals surface area contributed by atoms with Gasteiger partial charge >= 0.3 is 0 Å². The highest BCUT2D eigenvalue weighted by Crippen LogP contribution is 2.12. The molecule has 1 aromatic carbocycles. The van der Waals surface area contributed by atoms with Gasteiger partial charge in [0.1, 0.15) is 0 Å². The predicted molar refractivity (Wildman–Crippen MR) is 87.6 cm³/mol. The molecule has 0 aliphatic carbocycles. The number of nitrogens with one attached hydrogen (secondary N) is 1. The summed E-state index contributed by atoms with van der Waals surface area (Å²) in [4.78, 5) is 17.0. The van der Waals surface area contributed by atoms with Crippen molar-refractivity contribution in [3.63, 3.8) is 0 Å². The Balaban J connectivity index is 1.85. The van der Waals surface area contributed by atoms with Crippen LogP contribution in [0.2, 0.25) is 0 Å². The molecule has 1 aromatic rings. The van der Waals surface area contributed by atoms with E-state index in [9.17, 15) is 4.79 Å². The number of nitrogens with zero attached hydrogens (tertiary/aromatic N) is 3. The van der Waals surface area contributed by atoms with Crippen molar-refractivity contribution in [1.82, 2.24) is 9.80 Å². The molecule has 2 rings (SSSR count). The zero-order chi connectivity index (χ0) is 15.9. The summed E-state index contributed by atoms with van der Waals surface area (Å²) in [5.41, 5.74) is 1.33. The zero-order valence-corrected chi connectivity index (χ0v) is 13.4. The molecule has 0 bridgehead atoms. The number of anilines is 1. The van der Waals surface area contributed by atoms with Crippen molar-refractivity contribution in [1.29, 1.82) is 5.26 Å². The SMILES string of the molecule is CCCN1CCN([C@H](C)C(=O)Nc2ccc(C#N)cc2)CC1.